The molecule has 0 spiro atoms. The van der Waals surface area contributed by atoms with Crippen LogP contribution in [-0.2, 0) is 39.5 Å². The second kappa shape index (κ2) is 8.45. The number of fused-ring (bicyclic) bond motifs is 5. The minimum Gasteiger partial charge on any atom is -0.458 e. The second-order valence-corrected chi connectivity index (χ2v) is 12.5. The molecule has 0 bridgehead atoms. The molecule has 2 aliphatic heterocycles. The Kier molecular flexibility index (Phi) is 5.18. The monoisotopic (exact) mass is 559 g/mol. The first-order chi connectivity index (χ1) is 19.7. The van der Waals surface area contributed by atoms with Gasteiger partial charge in [0.1, 0.15) is 18.5 Å². The topological polar surface area (TPSA) is 131 Å². The fraction of sp³-hybridized carbons (Fsp3) is 0.484. The van der Waals surface area contributed by atoms with Crippen molar-refractivity contribution in [3.63, 3.8) is 0 Å². The van der Waals surface area contributed by atoms with E-state index < -0.39 is 29.6 Å². The highest BCUT2D eigenvalue weighted by atomic mass is 19.1. The number of nitrogens with one attached hydrogen (secondary N) is 1. The second-order valence-electron chi connectivity index (χ2n) is 12.5. The van der Waals surface area contributed by atoms with E-state index in [1.54, 1.807) is 17.6 Å². The van der Waals surface area contributed by atoms with Gasteiger partial charge in [0, 0.05) is 22.6 Å². The van der Waals surface area contributed by atoms with Crippen molar-refractivity contribution < 1.29 is 28.9 Å². The van der Waals surface area contributed by atoms with Gasteiger partial charge in [-0.1, -0.05) is 12.8 Å². The van der Waals surface area contributed by atoms with Crippen LogP contribution in [0.4, 0.5) is 4.39 Å². The summed E-state index contributed by atoms with van der Waals surface area (Å²) in [4.78, 5) is 44.6. The summed E-state index contributed by atoms with van der Waals surface area (Å²) in [6.45, 7) is 1.70. The average Bonchev–Trinajstić information content (AvgIpc) is 3.89. The third kappa shape index (κ3) is 3.59. The molecule has 9 nitrogen and oxygen atoms in total. The summed E-state index contributed by atoms with van der Waals surface area (Å²) in [7, 11) is 0. The molecular formula is C31H30FN3O6. The smallest absolute Gasteiger partial charge is 0.343 e. The van der Waals surface area contributed by atoms with Gasteiger partial charge in [0.2, 0.25) is 5.91 Å². The Morgan fingerprint density at radius 3 is 2.71 bits per heavy atom. The number of hydrogen-bond acceptors (Lipinski definition) is 7. The number of benzene rings is 1. The summed E-state index contributed by atoms with van der Waals surface area (Å²) < 4.78 is 22.0. The van der Waals surface area contributed by atoms with Crippen molar-refractivity contribution in [2.45, 2.75) is 82.8 Å². The highest BCUT2D eigenvalue weighted by Crippen LogP contribution is 2.48. The average molecular weight is 560 g/mol. The third-order valence-electron chi connectivity index (χ3n) is 9.80. The molecule has 4 heterocycles. The van der Waals surface area contributed by atoms with Crippen molar-refractivity contribution in [3.8, 4) is 11.4 Å². The Hall–Kier alpha value is -3.63. The van der Waals surface area contributed by atoms with E-state index in [4.69, 9.17) is 9.72 Å². The molecule has 1 aromatic carbocycles. The van der Waals surface area contributed by atoms with Gasteiger partial charge in [0.25, 0.3) is 5.56 Å². The molecule has 0 saturated heterocycles. The molecule has 2 aromatic heterocycles. The third-order valence-corrected chi connectivity index (χ3v) is 9.80. The number of ether oxygens (including phenoxy) is 1. The fourth-order valence-corrected chi connectivity index (χ4v) is 7.18. The van der Waals surface area contributed by atoms with E-state index in [1.165, 1.54) is 6.07 Å². The van der Waals surface area contributed by atoms with Crippen molar-refractivity contribution in [1.29, 1.82) is 0 Å². The van der Waals surface area contributed by atoms with Crippen LogP contribution in [0.25, 0.3) is 22.3 Å². The number of amides is 1. The number of carbonyl (C=O) groups excluding carboxylic acids is 2. The van der Waals surface area contributed by atoms with E-state index in [0.717, 1.165) is 47.8 Å². The van der Waals surface area contributed by atoms with Gasteiger partial charge < -0.3 is 24.8 Å². The van der Waals surface area contributed by atoms with Gasteiger partial charge >= 0.3 is 5.97 Å². The first-order valence-corrected chi connectivity index (χ1v) is 14.5. The van der Waals surface area contributed by atoms with Crippen LogP contribution in [-0.4, -0.2) is 37.7 Å². The number of nitrogens with zero attached hydrogens (tertiary/aromatic N) is 2. The Balaban J connectivity index is 1.33. The molecule has 2 fully saturated rings. The highest BCUT2D eigenvalue weighted by Gasteiger charge is 2.50. The molecule has 3 aliphatic carbocycles. The largest absolute Gasteiger partial charge is 0.458 e. The number of esters is 1. The summed E-state index contributed by atoms with van der Waals surface area (Å²) in [6, 6.07) is 2.61. The van der Waals surface area contributed by atoms with Crippen LogP contribution in [0.2, 0.25) is 0 Å². The van der Waals surface area contributed by atoms with Gasteiger partial charge in [0.05, 0.1) is 35.1 Å². The lowest BCUT2D eigenvalue weighted by Gasteiger charge is -2.32. The number of halogens is 1. The first-order valence-electron chi connectivity index (χ1n) is 14.5. The quantitative estimate of drug-likeness (QED) is 0.321. The highest BCUT2D eigenvalue weighted by molar-refractivity contribution is 5.94. The molecule has 3 N–H and O–H groups in total. The number of aromatic nitrogens is 2. The summed E-state index contributed by atoms with van der Waals surface area (Å²) in [5.74, 6) is -1.39. The number of aliphatic hydroxyl groups is 2. The number of pyridine rings is 2. The molecule has 2 saturated carbocycles. The molecule has 212 valence electrons. The lowest BCUT2D eigenvalue weighted by Crippen LogP contribution is -2.45. The van der Waals surface area contributed by atoms with E-state index >= 15 is 4.39 Å². The van der Waals surface area contributed by atoms with Gasteiger partial charge in [0.15, 0.2) is 5.60 Å². The summed E-state index contributed by atoms with van der Waals surface area (Å²) in [5.41, 5.74) is 2.47. The maximum atomic E-state index is 15.1. The molecule has 10 heteroatoms. The predicted molar refractivity (Wildman–Crippen MR) is 144 cm³/mol. The Bertz CT molecular complexity index is 1770. The number of aliphatic hydroxyl groups excluding tert-OH is 1. The predicted octanol–water partition coefficient (Wildman–Crippen LogP) is 2.79. The summed E-state index contributed by atoms with van der Waals surface area (Å²) in [6.07, 6.45) is 3.61. The summed E-state index contributed by atoms with van der Waals surface area (Å²) in [5, 5.41) is 25.9. The first kappa shape index (κ1) is 25.1. The van der Waals surface area contributed by atoms with Crippen LogP contribution < -0.4 is 10.9 Å². The molecule has 3 aromatic rings. The maximum Gasteiger partial charge on any atom is 0.343 e. The lowest BCUT2D eigenvalue weighted by atomic mass is 9.81. The van der Waals surface area contributed by atoms with Crippen molar-refractivity contribution in [1.82, 2.24) is 14.9 Å². The zero-order valence-corrected chi connectivity index (χ0v) is 22.6. The molecular weight excluding hydrogens is 529 g/mol. The van der Waals surface area contributed by atoms with Crippen molar-refractivity contribution in [3.05, 3.63) is 61.7 Å². The number of rotatable bonds is 5. The number of carbonyl (C=O) groups is 2. The van der Waals surface area contributed by atoms with E-state index in [1.807, 2.05) is 0 Å². The molecule has 5 aliphatic rings. The van der Waals surface area contributed by atoms with Crippen LogP contribution >= 0.6 is 0 Å². The van der Waals surface area contributed by atoms with Gasteiger partial charge in [-0.25, -0.2) is 14.2 Å². The van der Waals surface area contributed by atoms with Gasteiger partial charge in [-0.3, -0.25) is 9.59 Å². The molecule has 41 heavy (non-hydrogen) atoms. The lowest BCUT2D eigenvalue weighted by molar-refractivity contribution is -0.173. The number of aryl methyl sites for hydroxylation is 1. The number of hydrogen-bond donors (Lipinski definition) is 3. The standard InChI is InChI=1S/C31H30FN3O6/c1-13-16-6-7-21(34-28(37)27(36)15-4-5-15)25-17-11-35-23(26(17)33-22(24(16)25)9-20(13)32)8-19-18(29(35)38)12-41-30(39)31(19,40)10-14-2-3-14/h8-9,14-15,21,27,36,40H,2-7,10-12H2,1H3,(H,34,37)/t21-,27+,31+/m1/s1. The van der Waals surface area contributed by atoms with Crippen molar-refractivity contribution in [2.75, 3.05) is 0 Å². The molecule has 3 atom stereocenters. The van der Waals surface area contributed by atoms with Gasteiger partial charge in [-0.05, 0) is 73.6 Å². The van der Waals surface area contributed by atoms with Crippen molar-refractivity contribution in [2.24, 2.45) is 11.8 Å². The van der Waals surface area contributed by atoms with Gasteiger partial charge in [-0.2, -0.15) is 0 Å². The molecule has 0 radical (unpaired) electrons. The van der Waals surface area contributed by atoms with Crippen LogP contribution in [0.15, 0.2) is 16.9 Å². The molecule has 1 amide bonds. The Labute approximate surface area is 234 Å². The van der Waals surface area contributed by atoms with Crippen LogP contribution in [0.1, 0.15) is 77.9 Å². The van der Waals surface area contributed by atoms with E-state index in [9.17, 15) is 24.6 Å². The van der Waals surface area contributed by atoms with Gasteiger partial charge in [-0.15, -0.1) is 0 Å². The van der Waals surface area contributed by atoms with E-state index in [2.05, 4.69) is 5.32 Å². The minimum atomic E-state index is -1.91. The molecule has 8 rings (SSSR count). The van der Waals surface area contributed by atoms with Crippen LogP contribution in [0, 0.1) is 24.6 Å². The van der Waals surface area contributed by atoms with Crippen LogP contribution in [0.5, 0.6) is 0 Å². The normalized spacial score (nSPS) is 24.9. The zero-order valence-electron chi connectivity index (χ0n) is 22.6. The van der Waals surface area contributed by atoms with E-state index in [-0.39, 0.29) is 53.9 Å². The minimum absolute atomic E-state index is 0.0288. The maximum absolute atomic E-state index is 15.1. The Morgan fingerprint density at radius 1 is 1.20 bits per heavy atom. The van der Waals surface area contributed by atoms with E-state index in [0.29, 0.717) is 35.3 Å². The zero-order chi connectivity index (χ0) is 28.4. The van der Waals surface area contributed by atoms with Crippen LogP contribution in [0.3, 0.4) is 0 Å². The van der Waals surface area contributed by atoms with Crippen molar-refractivity contribution >= 4 is 22.8 Å². The summed E-state index contributed by atoms with van der Waals surface area (Å²) >= 11 is 0. The molecule has 0 unspecified atom stereocenters. The number of cyclic esters (lactones) is 1. The Morgan fingerprint density at radius 2 is 1.98 bits per heavy atom. The fourth-order valence-electron chi connectivity index (χ4n) is 7.18. The SMILES string of the molecule is Cc1c(F)cc2nc3c(c4c2c1CC[C@H]4NC(=O)[C@@H](O)C1CC1)Cn1c-3cc2c(c1=O)COC(=O)[C@]2(O)CC1CC1.